The predicted molar refractivity (Wildman–Crippen MR) is 74.9 cm³/mol. The Balaban J connectivity index is 2.09. The van der Waals surface area contributed by atoms with Crippen molar-refractivity contribution in [1.82, 2.24) is 9.55 Å². The summed E-state index contributed by atoms with van der Waals surface area (Å²) in [7, 11) is 0. The van der Waals surface area contributed by atoms with Crippen LogP contribution >= 0.6 is 0 Å². The van der Waals surface area contributed by atoms with Crippen LogP contribution in [-0.2, 0) is 6.54 Å². The van der Waals surface area contributed by atoms with Crippen molar-refractivity contribution in [2.45, 2.75) is 32.2 Å². The Labute approximate surface area is 116 Å². The molecule has 0 bridgehead atoms. The van der Waals surface area contributed by atoms with Gasteiger partial charge in [0.05, 0.1) is 16.6 Å². The van der Waals surface area contributed by atoms with Crippen molar-refractivity contribution in [2.24, 2.45) is 5.92 Å². The van der Waals surface area contributed by atoms with Gasteiger partial charge in [0.1, 0.15) is 5.82 Å². The molecule has 1 saturated carbocycles. The first kappa shape index (κ1) is 13.1. The number of benzene rings is 1. The van der Waals surface area contributed by atoms with Crippen molar-refractivity contribution in [3.05, 3.63) is 29.6 Å². The van der Waals surface area contributed by atoms with Gasteiger partial charge in [0.15, 0.2) is 0 Å². The second-order valence-corrected chi connectivity index (χ2v) is 5.65. The molecule has 2 aromatic rings. The van der Waals surface area contributed by atoms with Crippen molar-refractivity contribution in [2.75, 3.05) is 6.61 Å². The molecule has 1 unspecified atom stereocenters. The monoisotopic (exact) mass is 274 g/mol. The van der Waals surface area contributed by atoms with E-state index in [0.29, 0.717) is 12.5 Å². The standard InChI is InChI=1S/C15H18N2O3/c1-9(8-18)7-17-13-5-4-11(15(19)20)6-12(13)16-14(17)10-2-3-10/h4-6,9-10,18H,2-3,7-8H2,1H3,(H,19,20). The molecule has 0 saturated heterocycles. The maximum atomic E-state index is 11.0. The summed E-state index contributed by atoms with van der Waals surface area (Å²) in [4.78, 5) is 15.7. The maximum absolute atomic E-state index is 11.0. The van der Waals surface area contributed by atoms with E-state index in [9.17, 15) is 9.90 Å². The quantitative estimate of drug-likeness (QED) is 0.876. The van der Waals surface area contributed by atoms with E-state index in [2.05, 4.69) is 9.55 Å². The highest BCUT2D eigenvalue weighted by atomic mass is 16.4. The topological polar surface area (TPSA) is 75.3 Å². The normalized spacial score (nSPS) is 16.5. The number of nitrogens with zero attached hydrogens (tertiary/aromatic N) is 2. The molecule has 1 aromatic heterocycles. The van der Waals surface area contributed by atoms with Crippen LogP contribution in [0.2, 0.25) is 0 Å². The van der Waals surface area contributed by atoms with Crippen LogP contribution in [-0.4, -0.2) is 32.3 Å². The van der Waals surface area contributed by atoms with Gasteiger partial charge in [-0.05, 0) is 37.0 Å². The summed E-state index contributed by atoms with van der Waals surface area (Å²) < 4.78 is 2.14. The molecule has 1 fully saturated rings. The molecule has 0 radical (unpaired) electrons. The molecule has 1 aromatic carbocycles. The molecule has 20 heavy (non-hydrogen) atoms. The van der Waals surface area contributed by atoms with Crippen LogP contribution in [0, 0.1) is 5.92 Å². The first-order valence-corrected chi connectivity index (χ1v) is 6.94. The highest BCUT2D eigenvalue weighted by Crippen LogP contribution is 2.41. The molecule has 2 N–H and O–H groups in total. The Morgan fingerprint density at radius 3 is 2.85 bits per heavy atom. The molecule has 106 valence electrons. The zero-order chi connectivity index (χ0) is 14.3. The van der Waals surface area contributed by atoms with Gasteiger partial charge < -0.3 is 14.8 Å². The van der Waals surface area contributed by atoms with Gasteiger partial charge in [-0.2, -0.15) is 0 Å². The second kappa shape index (κ2) is 4.90. The molecule has 1 heterocycles. The first-order chi connectivity index (χ1) is 9.60. The van der Waals surface area contributed by atoms with Crippen LogP contribution in [0.1, 0.15) is 41.9 Å². The van der Waals surface area contributed by atoms with Gasteiger partial charge in [-0.1, -0.05) is 6.92 Å². The molecule has 1 atom stereocenters. The third-order valence-electron chi connectivity index (χ3n) is 3.77. The summed E-state index contributed by atoms with van der Waals surface area (Å²) >= 11 is 0. The van der Waals surface area contributed by atoms with E-state index >= 15 is 0 Å². The van der Waals surface area contributed by atoms with Gasteiger partial charge in [-0.15, -0.1) is 0 Å². The van der Waals surface area contributed by atoms with E-state index in [1.807, 2.05) is 13.0 Å². The molecule has 1 aliphatic carbocycles. The fourth-order valence-electron chi connectivity index (χ4n) is 2.50. The number of aromatic nitrogens is 2. The number of imidazole rings is 1. The summed E-state index contributed by atoms with van der Waals surface area (Å²) in [6.45, 7) is 2.84. The molecule has 0 amide bonds. The number of carboxylic acids is 1. The summed E-state index contributed by atoms with van der Waals surface area (Å²) in [5.74, 6) is 0.742. The van der Waals surface area contributed by atoms with E-state index in [4.69, 9.17) is 5.11 Å². The maximum Gasteiger partial charge on any atom is 0.335 e. The zero-order valence-electron chi connectivity index (χ0n) is 11.4. The van der Waals surface area contributed by atoms with E-state index in [1.165, 1.54) is 0 Å². The number of aromatic carboxylic acids is 1. The van der Waals surface area contributed by atoms with Crippen LogP contribution in [0.5, 0.6) is 0 Å². The van der Waals surface area contributed by atoms with Crippen molar-refractivity contribution < 1.29 is 15.0 Å². The Kier molecular flexibility index (Phi) is 3.22. The highest BCUT2D eigenvalue weighted by molar-refractivity contribution is 5.92. The molecular formula is C15H18N2O3. The van der Waals surface area contributed by atoms with Gasteiger partial charge in [-0.25, -0.2) is 9.78 Å². The van der Waals surface area contributed by atoms with Gasteiger partial charge in [0, 0.05) is 19.1 Å². The van der Waals surface area contributed by atoms with Gasteiger partial charge in [0.25, 0.3) is 0 Å². The van der Waals surface area contributed by atoms with Crippen molar-refractivity contribution in [3.8, 4) is 0 Å². The lowest BCUT2D eigenvalue weighted by Crippen LogP contribution is -2.13. The number of fused-ring (bicyclic) bond motifs is 1. The number of aliphatic hydroxyl groups excluding tert-OH is 1. The summed E-state index contributed by atoms with van der Waals surface area (Å²) in [6, 6.07) is 5.06. The Bertz CT molecular complexity index is 658. The minimum atomic E-state index is -0.932. The third kappa shape index (κ3) is 2.29. The minimum Gasteiger partial charge on any atom is -0.478 e. The smallest absolute Gasteiger partial charge is 0.335 e. The SMILES string of the molecule is CC(CO)Cn1c(C2CC2)nc2cc(C(=O)O)ccc21. The first-order valence-electron chi connectivity index (χ1n) is 6.94. The number of carboxylic acid groups (broad SMARTS) is 1. The van der Waals surface area contributed by atoms with Crippen molar-refractivity contribution in [1.29, 1.82) is 0 Å². The van der Waals surface area contributed by atoms with Crippen LogP contribution in [0.4, 0.5) is 0 Å². The fraction of sp³-hybridized carbons (Fsp3) is 0.467. The largest absolute Gasteiger partial charge is 0.478 e. The van der Waals surface area contributed by atoms with Crippen molar-refractivity contribution in [3.63, 3.8) is 0 Å². The number of rotatable bonds is 5. The zero-order valence-corrected chi connectivity index (χ0v) is 11.4. The summed E-state index contributed by atoms with van der Waals surface area (Å²) in [6.07, 6.45) is 2.28. The number of hydrogen-bond acceptors (Lipinski definition) is 3. The van der Waals surface area contributed by atoms with E-state index in [-0.39, 0.29) is 18.1 Å². The van der Waals surface area contributed by atoms with E-state index in [0.717, 1.165) is 29.7 Å². The van der Waals surface area contributed by atoms with Crippen LogP contribution in [0.15, 0.2) is 18.2 Å². The highest BCUT2D eigenvalue weighted by Gasteiger charge is 2.30. The molecule has 3 rings (SSSR count). The van der Waals surface area contributed by atoms with E-state index in [1.54, 1.807) is 12.1 Å². The number of aliphatic hydroxyl groups is 1. The molecule has 5 heteroatoms. The fourth-order valence-corrected chi connectivity index (χ4v) is 2.50. The second-order valence-electron chi connectivity index (χ2n) is 5.65. The molecule has 5 nitrogen and oxygen atoms in total. The number of carbonyl (C=O) groups is 1. The lowest BCUT2D eigenvalue weighted by Gasteiger charge is -2.13. The van der Waals surface area contributed by atoms with Crippen molar-refractivity contribution >= 4 is 17.0 Å². The molecule has 0 aliphatic heterocycles. The molecule has 1 aliphatic rings. The molecular weight excluding hydrogens is 256 g/mol. The summed E-state index contributed by atoms with van der Waals surface area (Å²) in [5.41, 5.74) is 1.95. The lowest BCUT2D eigenvalue weighted by atomic mass is 10.1. The summed E-state index contributed by atoms with van der Waals surface area (Å²) in [5, 5.41) is 18.3. The Morgan fingerprint density at radius 1 is 1.50 bits per heavy atom. The Morgan fingerprint density at radius 2 is 2.25 bits per heavy atom. The number of hydrogen-bond donors (Lipinski definition) is 2. The average molecular weight is 274 g/mol. The predicted octanol–water partition coefficient (Wildman–Crippen LogP) is 2.24. The average Bonchev–Trinajstić information content (AvgIpc) is 3.22. The minimum absolute atomic E-state index is 0.136. The van der Waals surface area contributed by atoms with Gasteiger partial charge in [-0.3, -0.25) is 0 Å². The van der Waals surface area contributed by atoms with Gasteiger partial charge in [0.2, 0.25) is 0 Å². The molecule has 0 spiro atoms. The van der Waals surface area contributed by atoms with Crippen LogP contribution < -0.4 is 0 Å². The lowest BCUT2D eigenvalue weighted by molar-refractivity contribution is 0.0697. The third-order valence-corrected chi connectivity index (χ3v) is 3.77. The van der Waals surface area contributed by atoms with E-state index < -0.39 is 5.97 Å². The van der Waals surface area contributed by atoms with Crippen LogP contribution in [0.25, 0.3) is 11.0 Å². The Hall–Kier alpha value is -1.88. The van der Waals surface area contributed by atoms with Crippen LogP contribution in [0.3, 0.4) is 0 Å². The van der Waals surface area contributed by atoms with Gasteiger partial charge >= 0.3 is 5.97 Å².